The van der Waals surface area contributed by atoms with E-state index in [0.29, 0.717) is 29.4 Å². The van der Waals surface area contributed by atoms with E-state index in [-0.39, 0.29) is 5.82 Å². The molecule has 2 aromatic rings. The van der Waals surface area contributed by atoms with E-state index >= 15 is 0 Å². The lowest BCUT2D eigenvalue weighted by Crippen LogP contribution is -2.17. The molecule has 4 nitrogen and oxygen atoms in total. The highest BCUT2D eigenvalue weighted by Crippen LogP contribution is 2.26. The van der Waals surface area contributed by atoms with Crippen molar-refractivity contribution in [2.24, 2.45) is 0 Å². The second kappa shape index (κ2) is 7.05. The third-order valence-corrected chi connectivity index (χ3v) is 2.94. The Bertz CT molecular complexity index is 555. The number of aromatic nitrogens is 1. The van der Waals surface area contributed by atoms with Gasteiger partial charge in [0.25, 0.3) is 0 Å². The van der Waals surface area contributed by atoms with Crippen molar-refractivity contribution < 1.29 is 13.5 Å². The summed E-state index contributed by atoms with van der Waals surface area (Å²) >= 11 is 0. The largest absolute Gasteiger partial charge is 0.497 e. The number of halogens is 1. The van der Waals surface area contributed by atoms with Gasteiger partial charge in [-0.2, -0.15) is 0 Å². The standard InChI is InChI=1S/C15H19FN2O2/c1-3-7-17-8-6-15-18-10-14(20-15)12-5-4-11(19-2)9-13(12)16/h4-5,9-10,17H,3,6-8H2,1-2H3. The third-order valence-electron chi connectivity index (χ3n) is 2.94. The number of hydrogen-bond acceptors (Lipinski definition) is 4. The molecular weight excluding hydrogens is 259 g/mol. The maximum Gasteiger partial charge on any atom is 0.196 e. The van der Waals surface area contributed by atoms with Crippen molar-refractivity contribution in [2.45, 2.75) is 19.8 Å². The van der Waals surface area contributed by atoms with Crippen molar-refractivity contribution in [2.75, 3.05) is 20.2 Å². The van der Waals surface area contributed by atoms with Crippen LogP contribution in [0, 0.1) is 5.82 Å². The Morgan fingerprint density at radius 3 is 2.90 bits per heavy atom. The lowest BCUT2D eigenvalue weighted by atomic mass is 10.1. The molecule has 2 rings (SSSR count). The Morgan fingerprint density at radius 1 is 1.35 bits per heavy atom. The summed E-state index contributed by atoms with van der Waals surface area (Å²) in [5.41, 5.74) is 0.395. The molecule has 108 valence electrons. The van der Waals surface area contributed by atoms with E-state index in [1.54, 1.807) is 18.3 Å². The fourth-order valence-electron chi connectivity index (χ4n) is 1.87. The summed E-state index contributed by atoms with van der Waals surface area (Å²) in [6.45, 7) is 3.89. The zero-order chi connectivity index (χ0) is 14.4. The fourth-order valence-corrected chi connectivity index (χ4v) is 1.87. The van der Waals surface area contributed by atoms with E-state index in [0.717, 1.165) is 19.5 Å². The molecule has 1 heterocycles. The maximum absolute atomic E-state index is 13.9. The Kier molecular flexibility index (Phi) is 5.12. The van der Waals surface area contributed by atoms with Gasteiger partial charge in [0, 0.05) is 19.0 Å². The van der Waals surface area contributed by atoms with Crippen LogP contribution in [0.3, 0.4) is 0 Å². The van der Waals surface area contributed by atoms with Gasteiger partial charge in [0.05, 0.1) is 18.9 Å². The van der Waals surface area contributed by atoms with Crippen molar-refractivity contribution in [3.05, 3.63) is 36.1 Å². The van der Waals surface area contributed by atoms with Gasteiger partial charge in [0.15, 0.2) is 11.7 Å². The highest BCUT2D eigenvalue weighted by molar-refractivity contribution is 5.58. The minimum absolute atomic E-state index is 0.379. The van der Waals surface area contributed by atoms with E-state index in [1.165, 1.54) is 13.2 Å². The Morgan fingerprint density at radius 2 is 2.20 bits per heavy atom. The molecule has 5 heteroatoms. The molecule has 1 aromatic heterocycles. The number of rotatable bonds is 7. The summed E-state index contributed by atoms with van der Waals surface area (Å²) in [5.74, 6) is 1.15. The highest BCUT2D eigenvalue weighted by atomic mass is 19.1. The lowest BCUT2D eigenvalue weighted by molar-refractivity contribution is 0.411. The molecule has 0 saturated heterocycles. The second-order valence-corrected chi connectivity index (χ2v) is 4.46. The van der Waals surface area contributed by atoms with Crippen molar-refractivity contribution in [1.29, 1.82) is 0 Å². The van der Waals surface area contributed by atoms with Crippen molar-refractivity contribution in [1.82, 2.24) is 10.3 Å². The molecule has 0 fully saturated rings. The van der Waals surface area contributed by atoms with Crippen molar-refractivity contribution >= 4 is 0 Å². The molecule has 0 aliphatic rings. The number of ether oxygens (including phenoxy) is 1. The molecule has 0 aliphatic heterocycles. The first kappa shape index (κ1) is 14.5. The average molecular weight is 278 g/mol. The summed E-state index contributed by atoms with van der Waals surface area (Å²) in [6.07, 6.45) is 3.34. The SMILES string of the molecule is CCCNCCc1ncc(-c2ccc(OC)cc2F)o1. The van der Waals surface area contributed by atoms with Gasteiger partial charge in [0.2, 0.25) is 0 Å². The summed E-state index contributed by atoms with van der Waals surface area (Å²) in [6, 6.07) is 4.66. The van der Waals surface area contributed by atoms with Crippen LogP contribution < -0.4 is 10.1 Å². The summed E-state index contributed by atoms with van der Waals surface area (Å²) in [5, 5.41) is 3.27. The van der Waals surface area contributed by atoms with Gasteiger partial charge in [-0.25, -0.2) is 9.37 Å². The smallest absolute Gasteiger partial charge is 0.196 e. The number of oxazole rings is 1. The first-order valence-corrected chi connectivity index (χ1v) is 6.74. The van der Waals surface area contributed by atoms with E-state index < -0.39 is 0 Å². The number of benzene rings is 1. The summed E-state index contributed by atoms with van der Waals surface area (Å²) in [4.78, 5) is 4.17. The number of nitrogens with zero attached hydrogens (tertiary/aromatic N) is 1. The predicted molar refractivity (Wildman–Crippen MR) is 75.3 cm³/mol. The molecule has 0 spiro atoms. The molecule has 1 N–H and O–H groups in total. The van der Waals surface area contributed by atoms with Gasteiger partial charge in [-0.15, -0.1) is 0 Å². The summed E-state index contributed by atoms with van der Waals surface area (Å²) < 4.78 is 24.4. The van der Waals surface area contributed by atoms with Gasteiger partial charge < -0.3 is 14.5 Å². The van der Waals surface area contributed by atoms with Crippen LogP contribution in [0.4, 0.5) is 4.39 Å². The van der Waals surface area contributed by atoms with Gasteiger partial charge in [-0.1, -0.05) is 6.92 Å². The molecule has 0 atom stereocenters. The second-order valence-electron chi connectivity index (χ2n) is 4.46. The zero-order valence-corrected chi connectivity index (χ0v) is 11.8. The normalized spacial score (nSPS) is 10.8. The van der Waals surface area contributed by atoms with E-state index in [9.17, 15) is 4.39 Å². The molecule has 1 aromatic carbocycles. The van der Waals surface area contributed by atoms with Crippen LogP contribution in [-0.2, 0) is 6.42 Å². The van der Waals surface area contributed by atoms with Gasteiger partial charge >= 0.3 is 0 Å². The predicted octanol–water partition coefficient (Wildman–Crippen LogP) is 3.03. The van der Waals surface area contributed by atoms with Crippen LogP contribution in [0.15, 0.2) is 28.8 Å². The molecule has 0 radical (unpaired) electrons. The number of hydrogen-bond donors (Lipinski definition) is 1. The van der Waals surface area contributed by atoms with Crippen molar-refractivity contribution in [3.63, 3.8) is 0 Å². The van der Waals surface area contributed by atoms with E-state index in [2.05, 4.69) is 17.2 Å². The van der Waals surface area contributed by atoms with Crippen molar-refractivity contribution in [3.8, 4) is 17.1 Å². The molecule has 0 saturated carbocycles. The van der Waals surface area contributed by atoms with E-state index in [4.69, 9.17) is 9.15 Å². The molecule has 0 unspecified atom stereocenters. The lowest BCUT2D eigenvalue weighted by Gasteiger charge is -2.03. The topological polar surface area (TPSA) is 47.3 Å². The van der Waals surface area contributed by atoms with Crippen LogP contribution in [-0.4, -0.2) is 25.2 Å². The monoisotopic (exact) mass is 278 g/mol. The number of nitrogens with one attached hydrogen (secondary N) is 1. The maximum atomic E-state index is 13.9. The molecule has 0 aliphatic carbocycles. The fraction of sp³-hybridized carbons (Fsp3) is 0.400. The minimum atomic E-state index is -0.379. The zero-order valence-electron chi connectivity index (χ0n) is 11.8. The van der Waals surface area contributed by atoms with Gasteiger partial charge in [-0.3, -0.25) is 0 Å². The highest BCUT2D eigenvalue weighted by Gasteiger charge is 2.11. The number of methoxy groups -OCH3 is 1. The van der Waals surface area contributed by atoms with Gasteiger partial charge in [0.1, 0.15) is 11.6 Å². The molecule has 20 heavy (non-hydrogen) atoms. The average Bonchev–Trinajstić information content (AvgIpc) is 2.92. The molecular formula is C15H19FN2O2. The first-order valence-electron chi connectivity index (χ1n) is 6.74. The van der Waals surface area contributed by atoms with Crippen LogP contribution in [0.25, 0.3) is 11.3 Å². The summed E-state index contributed by atoms with van der Waals surface area (Å²) in [7, 11) is 1.50. The Hall–Kier alpha value is -1.88. The van der Waals surface area contributed by atoms with Crippen LogP contribution >= 0.6 is 0 Å². The Balaban J connectivity index is 2.04. The van der Waals surface area contributed by atoms with Crippen LogP contribution in [0.1, 0.15) is 19.2 Å². The van der Waals surface area contributed by atoms with Gasteiger partial charge in [-0.05, 0) is 25.1 Å². The quantitative estimate of drug-likeness (QED) is 0.791. The van der Waals surface area contributed by atoms with Crippen LogP contribution in [0.5, 0.6) is 5.75 Å². The van der Waals surface area contributed by atoms with Crippen LogP contribution in [0.2, 0.25) is 0 Å². The molecule has 0 bridgehead atoms. The minimum Gasteiger partial charge on any atom is -0.497 e. The Labute approximate surface area is 118 Å². The molecule has 0 amide bonds. The van der Waals surface area contributed by atoms with E-state index in [1.807, 2.05) is 0 Å². The first-order chi connectivity index (χ1) is 9.74. The third kappa shape index (κ3) is 3.57.